The highest BCUT2D eigenvalue weighted by Crippen LogP contribution is 2.37. The molecule has 0 aliphatic heterocycles. The van der Waals surface area contributed by atoms with E-state index in [1.165, 1.54) is 42.5 Å². The lowest BCUT2D eigenvalue weighted by Crippen LogP contribution is -2.21. The van der Waals surface area contributed by atoms with Crippen LogP contribution in [0.2, 0.25) is 0 Å². The van der Waals surface area contributed by atoms with E-state index in [4.69, 9.17) is 0 Å². The lowest BCUT2D eigenvalue weighted by Gasteiger charge is -2.23. The topological polar surface area (TPSA) is 24.9 Å². The number of aryl methyl sites for hydroxylation is 2. The lowest BCUT2D eigenvalue weighted by atomic mass is 9.92. The van der Waals surface area contributed by atoms with Crippen LogP contribution in [0, 0.1) is 0 Å². The highest BCUT2D eigenvalue weighted by atomic mass is 32.1. The summed E-state index contributed by atoms with van der Waals surface area (Å²) in [5, 5.41) is 3.53. The molecule has 3 rings (SSSR count). The average Bonchev–Trinajstić information content (AvgIpc) is 2.79. The Kier molecular flexibility index (Phi) is 4.71. The standard InChI is InChI=1S/C18H24N2S/c1-13(14-8-10-20-11-9-14)18(19-2)17-12-15-6-4-3-5-7-16(15)21-17/h8-13,18-19H,3-7H2,1-2H3. The van der Waals surface area contributed by atoms with E-state index in [2.05, 4.69) is 42.5 Å². The van der Waals surface area contributed by atoms with Gasteiger partial charge < -0.3 is 5.32 Å². The minimum Gasteiger partial charge on any atom is -0.312 e. The number of hydrogen-bond acceptors (Lipinski definition) is 3. The van der Waals surface area contributed by atoms with Gasteiger partial charge in [-0.2, -0.15) is 0 Å². The predicted molar refractivity (Wildman–Crippen MR) is 90.0 cm³/mol. The fraction of sp³-hybridized carbons (Fsp3) is 0.500. The quantitative estimate of drug-likeness (QED) is 0.842. The summed E-state index contributed by atoms with van der Waals surface area (Å²) in [6.07, 6.45) is 10.4. The smallest absolute Gasteiger partial charge is 0.0479 e. The number of fused-ring (bicyclic) bond motifs is 1. The van der Waals surface area contributed by atoms with Crippen LogP contribution in [0.3, 0.4) is 0 Å². The molecular formula is C18H24N2S. The Morgan fingerprint density at radius 1 is 1.14 bits per heavy atom. The fourth-order valence-corrected chi connectivity index (χ4v) is 4.81. The van der Waals surface area contributed by atoms with E-state index >= 15 is 0 Å². The number of pyridine rings is 1. The van der Waals surface area contributed by atoms with Gasteiger partial charge in [-0.25, -0.2) is 0 Å². The first-order valence-electron chi connectivity index (χ1n) is 7.98. The third kappa shape index (κ3) is 3.19. The van der Waals surface area contributed by atoms with Crippen LogP contribution in [-0.2, 0) is 12.8 Å². The zero-order valence-electron chi connectivity index (χ0n) is 12.9. The molecule has 0 fully saturated rings. The largest absolute Gasteiger partial charge is 0.312 e. The molecule has 1 aliphatic rings. The van der Waals surface area contributed by atoms with Crippen molar-refractivity contribution in [2.45, 2.75) is 51.0 Å². The number of hydrogen-bond donors (Lipinski definition) is 1. The normalized spacial score (nSPS) is 17.8. The van der Waals surface area contributed by atoms with E-state index < -0.39 is 0 Å². The summed E-state index contributed by atoms with van der Waals surface area (Å²) in [5.41, 5.74) is 2.96. The number of nitrogens with zero attached hydrogens (tertiary/aromatic N) is 1. The van der Waals surface area contributed by atoms with Crippen LogP contribution in [0.25, 0.3) is 0 Å². The van der Waals surface area contributed by atoms with Crippen molar-refractivity contribution in [3.05, 3.63) is 51.5 Å². The molecule has 0 amide bonds. The highest BCUT2D eigenvalue weighted by molar-refractivity contribution is 7.12. The molecule has 2 unspecified atom stereocenters. The summed E-state index contributed by atoms with van der Waals surface area (Å²) < 4.78 is 0. The number of nitrogens with one attached hydrogen (secondary N) is 1. The zero-order valence-corrected chi connectivity index (χ0v) is 13.7. The first-order valence-corrected chi connectivity index (χ1v) is 8.80. The van der Waals surface area contributed by atoms with Gasteiger partial charge in [0.2, 0.25) is 0 Å². The van der Waals surface area contributed by atoms with Gasteiger partial charge in [0, 0.05) is 34.1 Å². The Bertz CT molecular complexity index is 553. The van der Waals surface area contributed by atoms with Crippen LogP contribution < -0.4 is 5.32 Å². The Morgan fingerprint density at radius 3 is 2.67 bits per heavy atom. The summed E-state index contributed by atoms with van der Waals surface area (Å²) in [4.78, 5) is 7.25. The van der Waals surface area contributed by atoms with Crippen molar-refractivity contribution in [2.75, 3.05) is 7.05 Å². The monoisotopic (exact) mass is 300 g/mol. The van der Waals surface area contributed by atoms with E-state index in [-0.39, 0.29) is 0 Å². The second kappa shape index (κ2) is 6.71. The maximum atomic E-state index is 4.13. The molecule has 2 aromatic heterocycles. The van der Waals surface area contributed by atoms with E-state index in [0.29, 0.717) is 12.0 Å². The van der Waals surface area contributed by atoms with Crippen LogP contribution in [0.4, 0.5) is 0 Å². The third-order valence-corrected chi connectivity index (χ3v) is 5.94. The first-order chi connectivity index (χ1) is 10.3. The van der Waals surface area contributed by atoms with Crippen molar-refractivity contribution in [1.82, 2.24) is 10.3 Å². The number of thiophene rings is 1. The molecule has 2 aromatic rings. The number of likely N-dealkylation sites (N-methyl/N-ethyl adjacent to an activating group) is 1. The minimum absolute atomic E-state index is 0.393. The summed E-state index contributed by atoms with van der Waals surface area (Å²) >= 11 is 2.03. The van der Waals surface area contributed by atoms with Gasteiger partial charge in [-0.15, -0.1) is 11.3 Å². The van der Waals surface area contributed by atoms with Gasteiger partial charge >= 0.3 is 0 Å². The SMILES string of the molecule is CNC(c1cc2c(s1)CCCCC2)C(C)c1ccncc1. The molecule has 0 saturated carbocycles. The van der Waals surface area contributed by atoms with Gasteiger partial charge in [0.05, 0.1) is 0 Å². The minimum atomic E-state index is 0.393. The lowest BCUT2D eigenvalue weighted by molar-refractivity contribution is 0.515. The van der Waals surface area contributed by atoms with Crippen LogP contribution in [0.15, 0.2) is 30.6 Å². The predicted octanol–water partition coefficient (Wildman–Crippen LogP) is 4.48. The summed E-state index contributed by atoms with van der Waals surface area (Å²) in [7, 11) is 2.08. The number of aromatic nitrogens is 1. The van der Waals surface area contributed by atoms with Crippen molar-refractivity contribution in [3.63, 3.8) is 0 Å². The van der Waals surface area contributed by atoms with E-state index in [1.54, 1.807) is 10.4 Å². The van der Waals surface area contributed by atoms with E-state index in [9.17, 15) is 0 Å². The van der Waals surface area contributed by atoms with Crippen LogP contribution in [0.5, 0.6) is 0 Å². The molecule has 0 bridgehead atoms. The van der Waals surface area contributed by atoms with Gasteiger partial charge in [-0.1, -0.05) is 13.3 Å². The third-order valence-electron chi connectivity index (χ3n) is 4.62. The average molecular weight is 300 g/mol. The maximum Gasteiger partial charge on any atom is 0.0479 e. The Labute approximate surface area is 131 Å². The van der Waals surface area contributed by atoms with Crippen LogP contribution in [0.1, 0.15) is 59.0 Å². The maximum absolute atomic E-state index is 4.13. The van der Waals surface area contributed by atoms with Gasteiger partial charge in [0.1, 0.15) is 0 Å². The second-order valence-electron chi connectivity index (χ2n) is 5.99. The van der Waals surface area contributed by atoms with Crippen molar-refractivity contribution in [1.29, 1.82) is 0 Å². The van der Waals surface area contributed by atoms with Crippen LogP contribution in [-0.4, -0.2) is 12.0 Å². The fourth-order valence-electron chi connectivity index (χ4n) is 3.34. The van der Waals surface area contributed by atoms with Crippen LogP contribution >= 0.6 is 11.3 Å². The van der Waals surface area contributed by atoms with Gasteiger partial charge in [0.15, 0.2) is 0 Å². The van der Waals surface area contributed by atoms with Gasteiger partial charge in [-0.05, 0) is 62.1 Å². The summed E-state index contributed by atoms with van der Waals surface area (Å²) in [6.45, 7) is 2.31. The highest BCUT2D eigenvalue weighted by Gasteiger charge is 2.23. The van der Waals surface area contributed by atoms with E-state index in [0.717, 1.165) is 0 Å². The molecule has 3 heteroatoms. The Hall–Kier alpha value is -1.19. The van der Waals surface area contributed by atoms with Crippen molar-refractivity contribution in [3.8, 4) is 0 Å². The molecule has 2 nitrogen and oxygen atoms in total. The molecule has 0 spiro atoms. The molecule has 2 atom stereocenters. The van der Waals surface area contributed by atoms with Gasteiger partial charge in [-0.3, -0.25) is 4.98 Å². The van der Waals surface area contributed by atoms with Crippen molar-refractivity contribution >= 4 is 11.3 Å². The van der Waals surface area contributed by atoms with Crippen molar-refractivity contribution < 1.29 is 0 Å². The Balaban J connectivity index is 1.86. The molecule has 0 aromatic carbocycles. The second-order valence-corrected chi connectivity index (χ2v) is 7.16. The molecular weight excluding hydrogens is 276 g/mol. The number of rotatable bonds is 4. The van der Waals surface area contributed by atoms with Crippen molar-refractivity contribution in [2.24, 2.45) is 0 Å². The molecule has 0 radical (unpaired) electrons. The zero-order chi connectivity index (χ0) is 14.7. The summed E-state index contributed by atoms with van der Waals surface area (Å²) in [5.74, 6) is 0.459. The molecule has 1 aliphatic carbocycles. The molecule has 1 N–H and O–H groups in total. The molecule has 21 heavy (non-hydrogen) atoms. The molecule has 112 valence electrons. The van der Waals surface area contributed by atoms with Gasteiger partial charge in [0.25, 0.3) is 0 Å². The Morgan fingerprint density at radius 2 is 1.90 bits per heavy atom. The summed E-state index contributed by atoms with van der Waals surface area (Å²) in [6, 6.07) is 7.12. The first kappa shape index (κ1) is 14.7. The molecule has 2 heterocycles. The van der Waals surface area contributed by atoms with E-state index in [1.807, 2.05) is 23.7 Å². The molecule has 0 saturated heterocycles.